The van der Waals surface area contributed by atoms with Gasteiger partial charge in [-0.3, -0.25) is 0 Å². The zero-order valence-corrected chi connectivity index (χ0v) is 12.7. The van der Waals surface area contributed by atoms with E-state index in [0.29, 0.717) is 12.5 Å². The van der Waals surface area contributed by atoms with Crippen LogP contribution in [0.3, 0.4) is 0 Å². The van der Waals surface area contributed by atoms with Gasteiger partial charge in [0.15, 0.2) is 0 Å². The zero-order chi connectivity index (χ0) is 14.6. The molecule has 3 nitrogen and oxygen atoms in total. The van der Waals surface area contributed by atoms with Crippen molar-refractivity contribution < 1.29 is 9.53 Å². The van der Waals surface area contributed by atoms with Crippen LogP contribution in [0.1, 0.15) is 45.1 Å². The summed E-state index contributed by atoms with van der Waals surface area (Å²) in [4.78, 5) is 12.5. The number of benzene rings is 1. The minimum absolute atomic E-state index is 0.0927. The second kappa shape index (κ2) is 6.29. The monoisotopic (exact) mass is 275 g/mol. The summed E-state index contributed by atoms with van der Waals surface area (Å²) in [6.45, 7) is 6.52. The Morgan fingerprint density at radius 1 is 1.35 bits per heavy atom. The normalized spacial score (nSPS) is 25.4. The van der Waals surface area contributed by atoms with Crippen molar-refractivity contribution in [1.82, 2.24) is 0 Å². The number of aryl methyl sites for hydroxylation is 1. The number of ether oxygens (including phenoxy) is 1. The number of carbonyl (C=O) groups excluding carboxylic acids is 1. The first kappa shape index (κ1) is 14.9. The van der Waals surface area contributed by atoms with E-state index in [9.17, 15) is 4.79 Å². The molecule has 1 N–H and O–H groups in total. The molecule has 0 spiro atoms. The highest BCUT2D eigenvalue weighted by atomic mass is 16.5. The maximum absolute atomic E-state index is 12.5. The molecule has 0 amide bonds. The third-order valence-corrected chi connectivity index (χ3v) is 4.37. The summed E-state index contributed by atoms with van der Waals surface area (Å²) in [7, 11) is 0. The average Bonchev–Trinajstić information content (AvgIpc) is 2.85. The van der Waals surface area contributed by atoms with Gasteiger partial charge in [0.25, 0.3) is 0 Å². The Morgan fingerprint density at radius 3 is 2.65 bits per heavy atom. The standard InChI is InChI=1S/C17H25NO2/c1-4-14-7-6-12-17(14,16(19)20-5-2)18-15-10-8-13(3)9-11-15/h8-11,14,18H,4-7,12H2,1-3H3. The molecule has 2 unspecified atom stereocenters. The Labute approximate surface area is 121 Å². The predicted molar refractivity (Wildman–Crippen MR) is 81.8 cm³/mol. The maximum atomic E-state index is 12.5. The van der Waals surface area contributed by atoms with E-state index in [2.05, 4.69) is 31.3 Å². The Morgan fingerprint density at radius 2 is 2.05 bits per heavy atom. The SMILES string of the molecule is CCOC(=O)C1(Nc2ccc(C)cc2)CCCC1CC. The molecule has 1 aliphatic rings. The first-order chi connectivity index (χ1) is 9.62. The summed E-state index contributed by atoms with van der Waals surface area (Å²) < 4.78 is 5.36. The molecule has 2 atom stereocenters. The van der Waals surface area contributed by atoms with Crippen LogP contribution in [0.4, 0.5) is 5.69 Å². The molecule has 1 fully saturated rings. The molecule has 0 aromatic heterocycles. The molecule has 0 bridgehead atoms. The van der Waals surface area contributed by atoms with Gasteiger partial charge in [-0.1, -0.05) is 37.5 Å². The van der Waals surface area contributed by atoms with E-state index in [0.717, 1.165) is 31.4 Å². The Balaban J connectivity index is 2.27. The van der Waals surface area contributed by atoms with Crippen LogP contribution in [0, 0.1) is 12.8 Å². The van der Waals surface area contributed by atoms with Gasteiger partial charge in [0.1, 0.15) is 5.54 Å². The average molecular weight is 275 g/mol. The van der Waals surface area contributed by atoms with Gasteiger partial charge in [-0.15, -0.1) is 0 Å². The second-order valence-corrected chi connectivity index (χ2v) is 5.68. The van der Waals surface area contributed by atoms with E-state index < -0.39 is 5.54 Å². The molecule has 1 aliphatic carbocycles. The van der Waals surface area contributed by atoms with Gasteiger partial charge in [-0.05, 0) is 44.7 Å². The lowest BCUT2D eigenvalue weighted by molar-refractivity contribution is -0.150. The molecule has 1 aromatic rings. The first-order valence-electron chi connectivity index (χ1n) is 7.64. The smallest absolute Gasteiger partial charge is 0.332 e. The lowest BCUT2D eigenvalue weighted by Gasteiger charge is -2.34. The fourth-order valence-electron chi connectivity index (χ4n) is 3.27. The van der Waals surface area contributed by atoms with Crippen molar-refractivity contribution in [3.63, 3.8) is 0 Å². The van der Waals surface area contributed by atoms with Gasteiger partial charge >= 0.3 is 5.97 Å². The summed E-state index contributed by atoms with van der Waals surface area (Å²) in [6.07, 6.45) is 4.03. The third kappa shape index (κ3) is 2.82. The van der Waals surface area contributed by atoms with E-state index in [1.807, 2.05) is 19.1 Å². The number of nitrogens with one attached hydrogen (secondary N) is 1. The van der Waals surface area contributed by atoms with Gasteiger partial charge < -0.3 is 10.1 Å². The lowest BCUT2D eigenvalue weighted by Crippen LogP contribution is -2.50. The van der Waals surface area contributed by atoms with E-state index in [-0.39, 0.29) is 5.97 Å². The van der Waals surface area contributed by atoms with Crippen molar-refractivity contribution in [2.75, 3.05) is 11.9 Å². The zero-order valence-electron chi connectivity index (χ0n) is 12.7. The molecule has 0 radical (unpaired) electrons. The van der Waals surface area contributed by atoms with Crippen molar-refractivity contribution in [3.05, 3.63) is 29.8 Å². The minimum Gasteiger partial charge on any atom is -0.464 e. The van der Waals surface area contributed by atoms with Gasteiger partial charge in [0.05, 0.1) is 6.61 Å². The summed E-state index contributed by atoms with van der Waals surface area (Å²) >= 11 is 0. The Bertz CT molecular complexity index is 455. The molecule has 3 heteroatoms. The summed E-state index contributed by atoms with van der Waals surface area (Å²) in [6, 6.07) is 8.22. The number of hydrogen-bond acceptors (Lipinski definition) is 3. The van der Waals surface area contributed by atoms with Crippen molar-refractivity contribution in [3.8, 4) is 0 Å². The molecular formula is C17H25NO2. The van der Waals surface area contributed by atoms with Gasteiger partial charge in [0.2, 0.25) is 0 Å². The van der Waals surface area contributed by atoms with Crippen LogP contribution in [-0.2, 0) is 9.53 Å². The van der Waals surface area contributed by atoms with Crippen LogP contribution in [0.5, 0.6) is 0 Å². The van der Waals surface area contributed by atoms with E-state index >= 15 is 0 Å². The van der Waals surface area contributed by atoms with E-state index in [1.54, 1.807) is 0 Å². The molecule has 1 saturated carbocycles. The van der Waals surface area contributed by atoms with Gasteiger partial charge in [0, 0.05) is 5.69 Å². The van der Waals surface area contributed by atoms with Crippen molar-refractivity contribution in [2.45, 2.75) is 52.0 Å². The fourth-order valence-corrected chi connectivity index (χ4v) is 3.27. The summed E-state index contributed by atoms with van der Waals surface area (Å²) in [5, 5.41) is 3.49. The van der Waals surface area contributed by atoms with Crippen LogP contribution in [-0.4, -0.2) is 18.1 Å². The van der Waals surface area contributed by atoms with Crippen molar-refractivity contribution in [2.24, 2.45) is 5.92 Å². The molecule has 1 aromatic carbocycles. The van der Waals surface area contributed by atoms with Gasteiger partial charge in [-0.25, -0.2) is 4.79 Å². The molecule has 0 heterocycles. The maximum Gasteiger partial charge on any atom is 0.332 e. The van der Waals surface area contributed by atoms with Crippen LogP contribution < -0.4 is 5.32 Å². The number of carbonyl (C=O) groups is 1. The Hall–Kier alpha value is -1.51. The van der Waals surface area contributed by atoms with Crippen LogP contribution in [0.15, 0.2) is 24.3 Å². The van der Waals surface area contributed by atoms with Crippen molar-refractivity contribution in [1.29, 1.82) is 0 Å². The number of hydrogen-bond donors (Lipinski definition) is 1. The predicted octanol–water partition coefficient (Wildman–Crippen LogP) is 3.92. The van der Waals surface area contributed by atoms with Crippen LogP contribution >= 0.6 is 0 Å². The van der Waals surface area contributed by atoms with E-state index in [4.69, 9.17) is 4.74 Å². The number of rotatable bonds is 5. The number of esters is 1. The topological polar surface area (TPSA) is 38.3 Å². The van der Waals surface area contributed by atoms with E-state index in [1.165, 1.54) is 5.56 Å². The summed E-state index contributed by atoms with van der Waals surface area (Å²) in [5.74, 6) is 0.257. The quantitative estimate of drug-likeness (QED) is 0.828. The van der Waals surface area contributed by atoms with Crippen molar-refractivity contribution >= 4 is 11.7 Å². The second-order valence-electron chi connectivity index (χ2n) is 5.68. The lowest BCUT2D eigenvalue weighted by atomic mass is 9.84. The fraction of sp³-hybridized carbons (Fsp3) is 0.588. The van der Waals surface area contributed by atoms with Gasteiger partial charge in [-0.2, -0.15) is 0 Å². The molecule has 20 heavy (non-hydrogen) atoms. The molecule has 0 saturated heterocycles. The molecule has 0 aliphatic heterocycles. The highest BCUT2D eigenvalue weighted by Gasteiger charge is 2.49. The first-order valence-corrected chi connectivity index (χ1v) is 7.64. The third-order valence-electron chi connectivity index (χ3n) is 4.37. The molecular weight excluding hydrogens is 250 g/mol. The highest BCUT2D eigenvalue weighted by Crippen LogP contribution is 2.41. The van der Waals surface area contributed by atoms with Crippen LogP contribution in [0.2, 0.25) is 0 Å². The minimum atomic E-state index is -0.542. The van der Waals surface area contributed by atoms with Crippen LogP contribution in [0.25, 0.3) is 0 Å². The highest BCUT2D eigenvalue weighted by molar-refractivity contribution is 5.85. The molecule has 110 valence electrons. The molecule has 2 rings (SSSR count). The summed E-state index contributed by atoms with van der Waals surface area (Å²) in [5.41, 5.74) is 1.68. The largest absolute Gasteiger partial charge is 0.464 e. The Kier molecular flexibility index (Phi) is 4.69. The number of anilines is 1.